The number of nitrogens with one attached hydrogen (secondary N) is 1. The van der Waals surface area contributed by atoms with Gasteiger partial charge in [0.2, 0.25) is 0 Å². The topological polar surface area (TPSA) is 60.0 Å². The van der Waals surface area contributed by atoms with Crippen molar-refractivity contribution in [3.8, 4) is 0 Å². The molecular formula is C16H30N2O4. The molecule has 128 valence electrons. The number of nitrogens with zero attached hydrogens (tertiary/aromatic N) is 1. The van der Waals surface area contributed by atoms with Crippen LogP contribution < -0.4 is 5.32 Å². The molecule has 2 heterocycles. The summed E-state index contributed by atoms with van der Waals surface area (Å²) in [6.07, 6.45) is 2.95. The summed E-state index contributed by atoms with van der Waals surface area (Å²) in [7, 11) is 1.70. The van der Waals surface area contributed by atoms with Crippen molar-refractivity contribution in [1.82, 2.24) is 10.2 Å². The number of methoxy groups -OCH3 is 1. The molecule has 3 atom stereocenters. The molecule has 0 saturated carbocycles. The molecule has 0 aliphatic carbocycles. The summed E-state index contributed by atoms with van der Waals surface area (Å²) < 4.78 is 16.5. The maximum atomic E-state index is 12.2. The van der Waals surface area contributed by atoms with Crippen LogP contribution in [-0.4, -0.2) is 68.2 Å². The molecule has 2 saturated heterocycles. The van der Waals surface area contributed by atoms with Gasteiger partial charge in [-0.3, -0.25) is 0 Å². The molecule has 0 bridgehead atoms. The predicted octanol–water partition coefficient (Wildman–Crippen LogP) is 1.78. The maximum absolute atomic E-state index is 12.2. The molecule has 2 rings (SSSR count). The Bertz CT molecular complexity index is 362. The molecule has 6 nitrogen and oxygen atoms in total. The van der Waals surface area contributed by atoms with Crippen molar-refractivity contribution in [1.29, 1.82) is 0 Å². The third-order valence-electron chi connectivity index (χ3n) is 4.12. The SMILES string of the molecule is CO[C@H]1CN(C(=O)OC(C)(C)C)CC1NC1CCCOCC1. The highest BCUT2D eigenvalue weighted by molar-refractivity contribution is 5.68. The Balaban J connectivity index is 1.89. The van der Waals surface area contributed by atoms with E-state index in [0.717, 1.165) is 32.5 Å². The largest absolute Gasteiger partial charge is 0.444 e. The highest BCUT2D eigenvalue weighted by Crippen LogP contribution is 2.19. The van der Waals surface area contributed by atoms with Crippen LogP contribution in [0.25, 0.3) is 0 Å². The van der Waals surface area contributed by atoms with Gasteiger partial charge in [0.25, 0.3) is 0 Å². The van der Waals surface area contributed by atoms with Crippen LogP contribution in [0.15, 0.2) is 0 Å². The van der Waals surface area contributed by atoms with E-state index in [0.29, 0.717) is 19.1 Å². The van der Waals surface area contributed by atoms with E-state index in [1.54, 1.807) is 12.0 Å². The summed E-state index contributed by atoms with van der Waals surface area (Å²) >= 11 is 0. The van der Waals surface area contributed by atoms with Gasteiger partial charge in [-0.1, -0.05) is 0 Å². The van der Waals surface area contributed by atoms with Crippen LogP contribution in [0.1, 0.15) is 40.0 Å². The first kappa shape index (κ1) is 17.5. The van der Waals surface area contributed by atoms with Crippen LogP contribution in [-0.2, 0) is 14.2 Å². The Morgan fingerprint density at radius 3 is 2.68 bits per heavy atom. The van der Waals surface area contributed by atoms with Crippen molar-refractivity contribution < 1.29 is 19.0 Å². The molecule has 22 heavy (non-hydrogen) atoms. The number of hydrogen-bond acceptors (Lipinski definition) is 5. The molecule has 0 aromatic heterocycles. The summed E-state index contributed by atoms with van der Waals surface area (Å²) in [5, 5.41) is 3.65. The highest BCUT2D eigenvalue weighted by atomic mass is 16.6. The van der Waals surface area contributed by atoms with Crippen LogP contribution in [0, 0.1) is 0 Å². The molecule has 0 aromatic carbocycles. The second-order valence-electron chi connectivity index (χ2n) is 7.17. The number of hydrogen-bond donors (Lipinski definition) is 1. The number of amides is 1. The number of likely N-dealkylation sites (tertiary alicyclic amines) is 1. The second kappa shape index (κ2) is 7.62. The first-order chi connectivity index (χ1) is 10.4. The van der Waals surface area contributed by atoms with Crippen LogP contribution in [0.3, 0.4) is 0 Å². The molecule has 1 amide bonds. The number of carbonyl (C=O) groups excluding carboxylic acids is 1. The third kappa shape index (κ3) is 5.11. The van der Waals surface area contributed by atoms with Crippen molar-refractivity contribution in [2.75, 3.05) is 33.4 Å². The predicted molar refractivity (Wildman–Crippen MR) is 84.0 cm³/mol. The van der Waals surface area contributed by atoms with Gasteiger partial charge in [-0.25, -0.2) is 4.79 Å². The van der Waals surface area contributed by atoms with Gasteiger partial charge in [0.1, 0.15) is 5.60 Å². The van der Waals surface area contributed by atoms with Gasteiger partial charge in [-0.2, -0.15) is 0 Å². The summed E-state index contributed by atoms with van der Waals surface area (Å²) in [5.41, 5.74) is -0.468. The van der Waals surface area contributed by atoms with E-state index < -0.39 is 5.60 Å². The first-order valence-corrected chi connectivity index (χ1v) is 8.23. The summed E-state index contributed by atoms with van der Waals surface area (Å²) in [6.45, 7) is 8.51. The van der Waals surface area contributed by atoms with Crippen LogP contribution >= 0.6 is 0 Å². The van der Waals surface area contributed by atoms with E-state index in [1.165, 1.54) is 0 Å². The molecular weight excluding hydrogens is 284 g/mol. The second-order valence-corrected chi connectivity index (χ2v) is 7.17. The fourth-order valence-electron chi connectivity index (χ4n) is 3.02. The monoisotopic (exact) mass is 314 g/mol. The van der Waals surface area contributed by atoms with Crippen LogP contribution in [0.2, 0.25) is 0 Å². The molecule has 2 aliphatic rings. The molecule has 2 fully saturated rings. The first-order valence-electron chi connectivity index (χ1n) is 8.23. The van der Waals surface area contributed by atoms with E-state index in [1.807, 2.05) is 20.8 Å². The lowest BCUT2D eigenvalue weighted by molar-refractivity contribution is 0.0252. The zero-order valence-corrected chi connectivity index (χ0v) is 14.3. The smallest absolute Gasteiger partial charge is 0.410 e. The minimum atomic E-state index is -0.468. The highest BCUT2D eigenvalue weighted by Gasteiger charge is 2.38. The van der Waals surface area contributed by atoms with E-state index >= 15 is 0 Å². The Morgan fingerprint density at radius 1 is 1.23 bits per heavy atom. The lowest BCUT2D eigenvalue weighted by atomic mass is 10.1. The van der Waals surface area contributed by atoms with Crippen molar-refractivity contribution in [3.05, 3.63) is 0 Å². The number of ether oxygens (including phenoxy) is 3. The molecule has 1 N–H and O–H groups in total. The molecule has 2 aliphatic heterocycles. The standard InChI is InChI=1S/C16H30N2O4/c1-16(2,3)22-15(19)18-10-13(14(11-18)20-4)17-12-6-5-8-21-9-7-12/h12-14,17H,5-11H2,1-4H3/t12?,13?,14-/m0/s1. The van der Waals surface area contributed by atoms with Crippen LogP contribution in [0.5, 0.6) is 0 Å². The Hall–Kier alpha value is -0.850. The van der Waals surface area contributed by atoms with Gasteiger partial charge in [-0.15, -0.1) is 0 Å². The minimum Gasteiger partial charge on any atom is -0.444 e. The summed E-state index contributed by atoms with van der Waals surface area (Å²) in [6, 6.07) is 0.587. The quantitative estimate of drug-likeness (QED) is 0.860. The van der Waals surface area contributed by atoms with Gasteiger partial charge in [0.05, 0.1) is 18.7 Å². The Morgan fingerprint density at radius 2 is 2.00 bits per heavy atom. The van der Waals surface area contributed by atoms with Crippen molar-refractivity contribution in [3.63, 3.8) is 0 Å². The molecule has 0 aromatic rings. The van der Waals surface area contributed by atoms with E-state index in [2.05, 4.69) is 5.32 Å². The van der Waals surface area contributed by atoms with E-state index in [9.17, 15) is 4.79 Å². The van der Waals surface area contributed by atoms with E-state index in [4.69, 9.17) is 14.2 Å². The van der Waals surface area contributed by atoms with Crippen molar-refractivity contribution in [2.45, 2.75) is 63.8 Å². The summed E-state index contributed by atoms with van der Waals surface area (Å²) in [5.74, 6) is 0. The number of rotatable bonds is 3. The van der Waals surface area contributed by atoms with Crippen molar-refractivity contribution in [2.24, 2.45) is 0 Å². The average molecular weight is 314 g/mol. The van der Waals surface area contributed by atoms with Gasteiger partial charge >= 0.3 is 6.09 Å². The van der Waals surface area contributed by atoms with E-state index in [-0.39, 0.29) is 18.2 Å². The van der Waals surface area contributed by atoms with Gasteiger partial charge < -0.3 is 24.4 Å². The minimum absolute atomic E-state index is 0.0108. The lowest BCUT2D eigenvalue weighted by Gasteiger charge is -2.25. The molecule has 0 spiro atoms. The molecule has 2 unspecified atom stereocenters. The zero-order valence-electron chi connectivity index (χ0n) is 14.3. The molecule has 0 radical (unpaired) electrons. The average Bonchev–Trinajstić information content (AvgIpc) is 2.65. The number of carbonyl (C=O) groups is 1. The normalized spacial score (nSPS) is 30.2. The fraction of sp³-hybridized carbons (Fsp3) is 0.938. The fourth-order valence-corrected chi connectivity index (χ4v) is 3.02. The van der Waals surface area contributed by atoms with Gasteiger partial charge in [0, 0.05) is 32.9 Å². The Labute approximate surface area is 133 Å². The van der Waals surface area contributed by atoms with Crippen LogP contribution in [0.4, 0.5) is 4.79 Å². The Kier molecular flexibility index (Phi) is 6.06. The maximum Gasteiger partial charge on any atom is 0.410 e. The van der Waals surface area contributed by atoms with Gasteiger partial charge in [0.15, 0.2) is 0 Å². The molecule has 6 heteroatoms. The van der Waals surface area contributed by atoms with Crippen molar-refractivity contribution >= 4 is 6.09 Å². The summed E-state index contributed by atoms with van der Waals surface area (Å²) in [4.78, 5) is 14.0. The van der Waals surface area contributed by atoms with Gasteiger partial charge in [-0.05, 0) is 40.0 Å². The lowest BCUT2D eigenvalue weighted by Crippen LogP contribution is -2.46. The third-order valence-corrected chi connectivity index (χ3v) is 4.12. The zero-order chi connectivity index (χ0) is 16.2.